The highest BCUT2D eigenvalue weighted by Crippen LogP contribution is 2.18. The SMILES string of the molecule is CC(C)CNC(N)=NCc1csc(N(C)C)n1.I. The number of nitrogens with one attached hydrogen (secondary N) is 1. The minimum Gasteiger partial charge on any atom is -0.370 e. The Morgan fingerprint density at radius 2 is 2.22 bits per heavy atom. The number of aliphatic imine (C=N–C) groups is 1. The minimum absolute atomic E-state index is 0. The first-order valence-electron chi connectivity index (χ1n) is 5.64. The van der Waals surface area contributed by atoms with E-state index in [1.807, 2.05) is 24.4 Å². The summed E-state index contributed by atoms with van der Waals surface area (Å²) in [4.78, 5) is 10.7. The summed E-state index contributed by atoms with van der Waals surface area (Å²) in [5, 5.41) is 6.07. The molecule has 0 radical (unpaired) electrons. The van der Waals surface area contributed by atoms with Gasteiger partial charge < -0.3 is 16.0 Å². The van der Waals surface area contributed by atoms with Crippen molar-refractivity contribution >= 4 is 46.4 Å². The lowest BCUT2D eigenvalue weighted by Gasteiger charge is -2.07. The number of halogens is 1. The van der Waals surface area contributed by atoms with E-state index >= 15 is 0 Å². The monoisotopic (exact) mass is 383 g/mol. The first kappa shape index (κ1) is 17.4. The molecule has 0 aliphatic carbocycles. The number of hydrogen-bond donors (Lipinski definition) is 2. The first-order chi connectivity index (χ1) is 7.99. The van der Waals surface area contributed by atoms with Crippen LogP contribution in [0.25, 0.3) is 0 Å². The molecule has 1 aromatic heterocycles. The molecule has 7 heteroatoms. The third-order valence-corrected chi connectivity index (χ3v) is 3.08. The Kier molecular flexibility index (Phi) is 8.25. The van der Waals surface area contributed by atoms with E-state index in [2.05, 4.69) is 29.1 Å². The maximum atomic E-state index is 5.74. The zero-order chi connectivity index (χ0) is 12.8. The van der Waals surface area contributed by atoms with Crippen molar-refractivity contribution in [3.8, 4) is 0 Å². The highest BCUT2D eigenvalue weighted by molar-refractivity contribution is 14.0. The van der Waals surface area contributed by atoms with Crippen molar-refractivity contribution < 1.29 is 0 Å². The summed E-state index contributed by atoms with van der Waals surface area (Å²) in [6.07, 6.45) is 0. The molecule has 0 amide bonds. The van der Waals surface area contributed by atoms with Crippen molar-refractivity contribution in [2.75, 3.05) is 25.5 Å². The van der Waals surface area contributed by atoms with Crippen LogP contribution in [0.2, 0.25) is 0 Å². The number of rotatable bonds is 5. The Labute approximate surface area is 130 Å². The second-order valence-corrected chi connectivity index (χ2v) is 5.33. The molecule has 1 heterocycles. The molecule has 1 rings (SSSR count). The van der Waals surface area contributed by atoms with Crippen LogP contribution >= 0.6 is 35.3 Å². The van der Waals surface area contributed by atoms with E-state index in [4.69, 9.17) is 5.73 Å². The van der Waals surface area contributed by atoms with E-state index in [9.17, 15) is 0 Å². The molecule has 1 aromatic rings. The van der Waals surface area contributed by atoms with Crippen molar-refractivity contribution in [1.82, 2.24) is 10.3 Å². The largest absolute Gasteiger partial charge is 0.370 e. The van der Waals surface area contributed by atoms with Crippen LogP contribution in [-0.4, -0.2) is 31.6 Å². The summed E-state index contributed by atoms with van der Waals surface area (Å²) in [5.74, 6) is 1.04. The average molecular weight is 383 g/mol. The fourth-order valence-electron chi connectivity index (χ4n) is 1.11. The average Bonchev–Trinajstić information content (AvgIpc) is 2.72. The maximum Gasteiger partial charge on any atom is 0.188 e. The highest BCUT2D eigenvalue weighted by Gasteiger charge is 2.03. The van der Waals surface area contributed by atoms with Crippen LogP contribution < -0.4 is 16.0 Å². The lowest BCUT2D eigenvalue weighted by atomic mass is 10.2. The second-order valence-electron chi connectivity index (χ2n) is 4.49. The van der Waals surface area contributed by atoms with E-state index in [0.717, 1.165) is 17.4 Å². The quantitative estimate of drug-likeness (QED) is 0.463. The van der Waals surface area contributed by atoms with Gasteiger partial charge in [-0.05, 0) is 5.92 Å². The predicted molar refractivity (Wildman–Crippen MR) is 90.0 cm³/mol. The molecule has 0 bridgehead atoms. The van der Waals surface area contributed by atoms with Crippen LogP contribution in [0.4, 0.5) is 5.13 Å². The third-order valence-electron chi connectivity index (χ3n) is 2.03. The Morgan fingerprint density at radius 3 is 2.72 bits per heavy atom. The summed E-state index contributed by atoms with van der Waals surface area (Å²) < 4.78 is 0. The van der Waals surface area contributed by atoms with Crippen LogP contribution in [0, 0.1) is 5.92 Å². The molecular weight excluding hydrogens is 361 g/mol. The van der Waals surface area contributed by atoms with Crippen molar-refractivity contribution in [2.45, 2.75) is 20.4 Å². The summed E-state index contributed by atoms with van der Waals surface area (Å²) in [6, 6.07) is 0. The first-order valence-corrected chi connectivity index (χ1v) is 6.52. The van der Waals surface area contributed by atoms with E-state index in [-0.39, 0.29) is 24.0 Å². The van der Waals surface area contributed by atoms with Gasteiger partial charge in [0.25, 0.3) is 0 Å². The van der Waals surface area contributed by atoms with Crippen molar-refractivity contribution in [3.63, 3.8) is 0 Å². The molecule has 104 valence electrons. The molecule has 5 nitrogen and oxygen atoms in total. The van der Waals surface area contributed by atoms with Crippen LogP contribution in [0.15, 0.2) is 10.4 Å². The summed E-state index contributed by atoms with van der Waals surface area (Å²) in [6.45, 7) is 5.63. The molecule has 0 aliphatic heterocycles. The van der Waals surface area contributed by atoms with Gasteiger partial charge >= 0.3 is 0 Å². The third kappa shape index (κ3) is 6.39. The van der Waals surface area contributed by atoms with Crippen LogP contribution in [0.1, 0.15) is 19.5 Å². The van der Waals surface area contributed by atoms with Gasteiger partial charge in [0.1, 0.15) is 0 Å². The zero-order valence-corrected chi connectivity index (χ0v) is 14.5. The molecule has 0 saturated heterocycles. The Hall–Kier alpha value is -0.570. The molecule has 0 atom stereocenters. The van der Waals surface area contributed by atoms with Gasteiger partial charge in [0.2, 0.25) is 0 Å². The van der Waals surface area contributed by atoms with Gasteiger partial charge in [-0.1, -0.05) is 13.8 Å². The van der Waals surface area contributed by atoms with Crippen molar-refractivity contribution in [1.29, 1.82) is 0 Å². The normalized spacial score (nSPS) is 11.3. The van der Waals surface area contributed by atoms with Crippen LogP contribution in [0.3, 0.4) is 0 Å². The smallest absolute Gasteiger partial charge is 0.188 e. The Morgan fingerprint density at radius 1 is 1.56 bits per heavy atom. The topological polar surface area (TPSA) is 66.5 Å². The number of aromatic nitrogens is 1. The highest BCUT2D eigenvalue weighted by atomic mass is 127. The van der Waals surface area contributed by atoms with Crippen molar-refractivity contribution in [2.24, 2.45) is 16.6 Å². The summed E-state index contributed by atoms with van der Waals surface area (Å²) >= 11 is 1.61. The van der Waals surface area contributed by atoms with Gasteiger partial charge in [0, 0.05) is 26.0 Å². The van der Waals surface area contributed by atoms with Gasteiger partial charge in [-0.3, -0.25) is 0 Å². The number of hydrogen-bond acceptors (Lipinski definition) is 4. The van der Waals surface area contributed by atoms with Gasteiger partial charge in [-0.2, -0.15) is 0 Å². The van der Waals surface area contributed by atoms with Crippen LogP contribution in [0.5, 0.6) is 0 Å². The molecule has 0 saturated carbocycles. The number of thiazole rings is 1. The van der Waals surface area contributed by atoms with Gasteiger partial charge in [0.05, 0.1) is 12.2 Å². The molecule has 0 aliphatic rings. The van der Waals surface area contributed by atoms with Gasteiger partial charge in [-0.25, -0.2) is 9.98 Å². The number of nitrogens with zero attached hydrogens (tertiary/aromatic N) is 3. The van der Waals surface area contributed by atoms with Gasteiger partial charge in [-0.15, -0.1) is 35.3 Å². The van der Waals surface area contributed by atoms with Gasteiger partial charge in [0.15, 0.2) is 11.1 Å². The predicted octanol–water partition coefficient (Wildman–Crippen LogP) is 1.89. The molecular formula is C11H22IN5S. The van der Waals surface area contributed by atoms with E-state index in [0.29, 0.717) is 18.4 Å². The lowest BCUT2D eigenvalue weighted by Crippen LogP contribution is -2.34. The second kappa shape index (κ2) is 8.52. The summed E-state index contributed by atoms with van der Waals surface area (Å²) in [7, 11) is 3.95. The van der Waals surface area contributed by atoms with Crippen molar-refractivity contribution in [3.05, 3.63) is 11.1 Å². The summed E-state index contributed by atoms with van der Waals surface area (Å²) in [5.41, 5.74) is 6.69. The van der Waals surface area contributed by atoms with Crippen LogP contribution in [-0.2, 0) is 6.54 Å². The molecule has 0 spiro atoms. The molecule has 18 heavy (non-hydrogen) atoms. The molecule has 3 N–H and O–H groups in total. The number of nitrogens with two attached hydrogens (primary N) is 1. The molecule has 0 fully saturated rings. The zero-order valence-electron chi connectivity index (χ0n) is 11.3. The standard InChI is InChI=1S/C11H21N5S.HI/c1-8(2)5-13-10(12)14-6-9-7-17-11(15-9)16(3)4;/h7-8H,5-6H2,1-4H3,(H3,12,13,14);1H. The maximum absolute atomic E-state index is 5.74. The number of guanidine groups is 1. The Bertz CT molecular complexity index is 375. The molecule has 0 aromatic carbocycles. The fourth-order valence-corrected chi connectivity index (χ4v) is 1.85. The number of anilines is 1. The van der Waals surface area contributed by atoms with E-state index < -0.39 is 0 Å². The molecule has 0 unspecified atom stereocenters. The van der Waals surface area contributed by atoms with E-state index in [1.165, 1.54) is 0 Å². The fraction of sp³-hybridized carbons (Fsp3) is 0.636. The van der Waals surface area contributed by atoms with E-state index in [1.54, 1.807) is 11.3 Å². The lowest BCUT2D eigenvalue weighted by molar-refractivity contribution is 0.621. The minimum atomic E-state index is 0. The Balaban J connectivity index is 0.00000289.